The van der Waals surface area contributed by atoms with Crippen molar-refractivity contribution < 1.29 is 9.90 Å². The minimum atomic E-state index is -0.181. The number of hydrogen-bond acceptors (Lipinski definition) is 4. The number of carbonyl (C=O) groups excluding carboxylic acids is 1. The normalized spacial score (nSPS) is 11.0. The van der Waals surface area contributed by atoms with E-state index < -0.39 is 0 Å². The maximum absolute atomic E-state index is 12.2. The van der Waals surface area contributed by atoms with Crippen molar-refractivity contribution in [1.82, 2.24) is 9.97 Å². The van der Waals surface area contributed by atoms with Crippen LogP contribution in [0.4, 0.5) is 5.82 Å². The number of allylic oxidation sites excluding steroid dienone is 4. The standard InChI is InChI=1S/C20H20ClN3O2.C2H6/c1-3-5-16(6-4-11-25)18-13-22-20(14(2)23-18)24-19(26)12-15-7-9-17(21)10-8-15;1-2/h3-10,13,25H,1,11-12H2,2H3,(H,22,24,26);1-2H3/b6-4-,16-5+;. The van der Waals surface area contributed by atoms with Crippen molar-refractivity contribution in [1.29, 1.82) is 0 Å². The number of aromatic nitrogens is 2. The number of rotatable bonds is 7. The van der Waals surface area contributed by atoms with E-state index in [0.717, 1.165) is 11.1 Å². The van der Waals surface area contributed by atoms with Gasteiger partial charge in [0.1, 0.15) is 0 Å². The molecule has 2 rings (SSSR count). The molecule has 28 heavy (non-hydrogen) atoms. The van der Waals surface area contributed by atoms with Crippen molar-refractivity contribution in [3.63, 3.8) is 0 Å². The first kappa shape index (κ1) is 23.3. The van der Waals surface area contributed by atoms with Crippen LogP contribution in [0.2, 0.25) is 5.02 Å². The topological polar surface area (TPSA) is 75.1 Å². The van der Waals surface area contributed by atoms with Crippen LogP contribution in [0.3, 0.4) is 0 Å². The van der Waals surface area contributed by atoms with Gasteiger partial charge in [-0.05, 0) is 24.6 Å². The molecule has 2 N–H and O–H groups in total. The third-order valence-electron chi connectivity index (χ3n) is 3.48. The molecule has 1 heterocycles. The molecule has 1 aromatic heterocycles. The third kappa shape index (κ3) is 7.47. The summed E-state index contributed by atoms with van der Waals surface area (Å²) in [4.78, 5) is 21.0. The highest BCUT2D eigenvalue weighted by Gasteiger charge is 2.10. The highest BCUT2D eigenvalue weighted by molar-refractivity contribution is 6.30. The van der Waals surface area contributed by atoms with Crippen molar-refractivity contribution in [3.05, 3.63) is 83.3 Å². The van der Waals surface area contributed by atoms with Crippen LogP contribution in [0.25, 0.3) is 5.57 Å². The molecule has 0 saturated carbocycles. The molecule has 1 aromatic carbocycles. The Morgan fingerprint density at radius 3 is 2.54 bits per heavy atom. The van der Waals surface area contributed by atoms with Crippen LogP contribution in [0, 0.1) is 6.92 Å². The van der Waals surface area contributed by atoms with Gasteiger partial charge < -0.3 is 10.4 Å². The van der Waals surface area contributed by atoms with E-state index in [1.807, 2.05) is 26.0 Å². The zero-order valence-electron chi connectivity index (χ0n) is 16.4. The van der Waals surface area contributed by atoms with Crippen LogP contribution < -0.4 is 5.32 Å². The van der Waals surface area contributed by atoms with Crippen LogP contribution in [0.15, 0.2) is 61.3 Å². The second-order valence-corrected chi connectivity index (χ2v) is 5.92. The molecule has 0 fully saturated rings. The molecule has 0 aliphatic rings. The molecule has 0 saturated heterocycles. The van der Waals surface area contributed by atoms with Gasteiger partial charge in [0.15, 0.2) is 5.82 Å². The number of aryl methyl sites for hydroxylation is 1. The number of nitrogens with one attached hydrogen (secondary N) is 1. The van der Waals surface area contributed by atoms with E-state index in [1.165, 1.54) is 0 Å². The second-order valence-electron chi connectivity index (χ2n) is 5.48. The van der Waals surface area contributed by atoms with E-state index in [2.05, 4.69) is 21.9 Å². The first-order valence-corrected chi connectivity index (χ1v) is 9.39. The number of hydrogen-bond donors (Lipinski definition) is 2. The second kappa shape index (κ2) is 12.6. The summed E-state index contributed by atoms with van der Waals surface area (Å²) in [5.74, 6) is 0.233. The number of amides is 1. The molecule has 0 spiro atoms. The fourth-order valence-electron chi connectivity index (χ4n) is 2.24. The Bertz CT molecular complexity index is 843. The van der Waals surface area contributed by atoms with Gasteiger partial charge in [-0.3, -0.25) is 4.79 Å². The molecule has 2 aromatic rings. The summed E-state index contributed by atoms with van der Waals surface area (Å²) in [6.45, 7) is 9.38. The van der Waals surface area contributed by atoms with E-state index in [1.54, 1.807) is 49.6 Å². The van der Waals surface area contributed by atoms with Gasteiger partial charge in [-0.25, -0.2) is 9.97 Å². The molecule has 6 heteroatoms. The van der Waals surface area contributed by atoms with E-state index in [4.69, 9.17) is 16.7 Å². The highest BCUT2D eigenvalue weighted by Crippen LogP contribution is 2.17. The number of aliphatic hydroxyl groups excluding tert-OH is 1. The maximum Gasteiger partial charge on any atom is 0.229 e. The molecule has 1 amide bonds. The fraction of sp³-hybridized carbons (Fsp3) is 0.227. The lowest BCUT2D eigenvalue weighted by Crippen LogP contribution is -2.17. The highest BCUT2D eigenvalue weighted by atomic mass is 35.5. The van der Waals surface area contributed by atoms with Gasteiger partial charge in [-0.1, -0.05) is 68.5 Å². The predicted octanol–water partition coefficient (Wildman–Crippen LogP) is 4.76. The van der Waals surface area contributed by atoms with Crippen LogP contribution in [-0.2, 0) is 11.2 Å². The zero-order valence-corrected chi connectivity index (χ0v) is 17.2. The third-order valence-corrected chi connectivity index (χ3v) is 3.73. The summed E-state index contributed by atoms with van der Waals surface area (Å²) in [6.07, 6.45) is 8.55. The molecule has 0 atom stereocenters. The van der Waals surface area contributed by atoms with Crippen molar-refractivity contribution in [2.24, 2.45) is 0 Å². The first-order chi connectivity index (χ1) is 13.5. The SMILES string of the molecule is C=C/C=C(\C=C/CO)c1cnc(NC(=O)Cc2ccc(Cl)cc2)c(C)n1.CC. The number of carbonyl (C=O) groups is 1. The molecule has 5 nitrogen and oxygen atoms in total. The minimum absolute atomic E-state index is 0.0697. The molecular weight excluding hydrogens is 374 g/mol. The summed E-state index contributed by atoms with van der Waals surface area (Å²) < 4.78 is 0. The van der Waals surface area contributed by atoms with Gasteiger partial charge in [0.2, 0.25) is 5.91 Å². The van der Waals surface area contributed by atoms with Gasteiger partial charge in [0.05, 0.1) is 30.6 Å². The predicted molar refractivity (Wildman–Crippen MR) is 116 cm³/mol. The van der Waals surface area contributed by atoms with Crippen LogP contribution in [0.5, 0.6) is 0 Å². The summed E-state index contributed by atoms with van der Waals surface area (Å²) in [5, 5.41) is 12.3. The molecule has 0 aliphatic heterocycles. The number of anilines is 1. The Morgan fingerprint density at radius 1 is 1.29 bits per heavy atom. The number of nitrogens with zero attached hydrogens (tertiary/aromatic N) is 2. The monoisotopic (exact) mass is 399 g/mol. The van der Waals surface area contributed by atoms with E-state index >= 15 is 0 Å². The van der Waals surface area contributed by atoms with Crippen molar-refractivity contribution in [2.75, 3.05) is 11.9 Å². The molecule has 0 radical (unpaired) electrons. The molecular formula is C22H26ClN3O2. The summed E-state index contributed by atoms with van der Waals surface area (Å²) in [5.41, 5.74) is 2.85. The lowest BCUT2D eigenvalue weighted by Gasteiger charge is -2.09. The molecule has 0 aliphatic carbocycles. The molecule has 148 valence electrons. The zero-order chi connectivity index (χ0) is 20.9. The summed E-state index contributed by atoms with van der Waals surface area (Å²) in [6, 6.07) is 7.11. The van der Waals surface area contributed by atoms with Crippen LogP contribution in [-0.4, -0.2) is 27.6 Å². The average molecular weight is 400 g/mol. The maximum atomic E-state index is 12.2. The number of benzene rings is 1. The van der Waals surface area contributed by atoms with Crippen LogP contribution >= 0.6 is 11.6 Å². The largest absolute Gasteiger partial charge is 0.392 e. The summed E-state index contributed by atoms with van der Waals surface area (Å²) in [7, 11) is 0. The average Bonchev–Trinajstić information content (AvgIpc) is 2.70. The summed E-state index contributed by atoms with van der Waals surface area (Å²) >= 11 is 5.85. The van der Waals surface area contributed by atoms with Gasteiger partial charge >= 0.3 is 0 Å². The van der Waals surface area contributed by atoms with Crippen molar-refractivity contribution in [2.45, 2.75) is 27.2 Å². The molecule has 0 unspecified atom stereocenters. The molecule has 0 bridgehead atoms. The van der Waals surface area contributed by atoms with Gasteiger partial charge in [0.25, 0.3) is 0 Å². The Balaban J connectivity index is 0.00000190. The van der Waals surface area contributed by atoms with Crippen LogP contribution in [0.1, 0.15) is 30.8 Å². The quantitative estimate of drug-likeness (QED) is 0.658. The van der Waals surface area contributed by atoms with Crippen molar-refractivity contribution in [3.8, 4) is 0 Å². The van der Waals surface area contributed by atoms with Gasteiger partial charge in [-0.2, -0.15) is 0 Å². The number of aliphatic hydroxyl groups is 1. The lowest BCUT2D eigenvalue weighted by atomic mass is 10.1. The lowest BCUT2D eigenvalue weighted by molar-refractivity contribution is -0.115. The Kier molecular flexibility index (Phi) is 10.5. The van der Waals surface area contributed by atoms with E-state index in [9.17, 15) is 4.79 Å². The van der Waals surface area contributed by atoms with E-state index in [0.29, 0.717) is 22.2 Å². The Hall–Kier alpha value is -2.76. The van der Waals surface area contributed by atoms with Crippen molar-refractivity contribution >= 4 is 28.9 Å². The Morgan fingerprint density at radius 2 is 1.96 bits per heavy atom. The van der Waals surface area contributed by atoms with Gasteiger partial charge in [-0.15, -0.1) is 0 Å². The number of halogens is 1. The Labute approximate surface area is 171 Å². The minimum Gasteiger partial charge on any atom is -0.392 e. The smallest absolute Gasteiger partial charge is 0.229 e. The van der Waals surface area contributed by atoms with E-state index in [-0.39, 0.29) is 18.9 Å². The fourth-order valence-corrected chi connectivity index (χ4v) is 2.37. The van der Waals surface area contributed by atoms with Gasteiger partial charge in [0, 0.05) is 10.6 Å². The first-order valence-electron chi connectivity index (χ1n) is 9.02.